The number of piperidine rings is 1. The SMILES string of the molecule is N#CC1(C(=O)Nc2ccc(N3CCCCC3)cc2)CCCC1. The van der Waals surface area contributed by atoms with Gasteiger partial charge in [0.1, 0.15) is 5.41 Å². The number of nitrogens with zero attached hydrogens (tertiary/aromatic N) is 2. The molecule has 2 aliphatic rings. The number of carbonyl (C=O) groups excluding carboxylic acids is 1. The third kappa shape index (κ3) is 2.94. The van der Waals surface area contributed by atoms with E-state index in [2.05, 4.69) is 28.4 Å². The molecule has 1 aliphatic carbocycles. The van der Waals surface area contributed by atoms with Crippen LogP contribution in [0.25, 0.3) is 0 Å². The summed E-state index contributed by atoms with van der Waals surface area (Å²) in [4.78, 5) is 14.8. The molecule has 1 saturated heterocycles. The van der Waals surface area contributed by atoms with E-state index in [9.17, 15) is 10.1 Å². The van der Waals surface area contributed by atoms with E-state index in [-0.39, 0.29) is 5.91 Å². The van der Waals surface area contributed by atoms with E-state index in [0.29, 0.717) is 12.8 Å². The standard InChI is InChI=1S/C18H23N3O/c19-14-18(10-2-3-11-18)17(22)20-15-6-8-16(9-7-15)21-12-4-1-5-13-21/h6-9H,1-5,10-13H2,(H,20,22). The van der Waals surface area contributed by atoms with Crippen LogP contribution in [0.4, 0.5) is 11.4 Å². The molecule has 0 radical (unpaired) electrons. The normalized spacial score (nSPS) is 20.4. The zero-order valence-electron chi connectivity index (χ0n) is 13.0. The van der Waals surface area contributed by atoms with Gasteiger partial charge >= 0.3 is 0 Å². The molecule has 4 heteroatoms. The fourth-order valence-electron chi connectivity index (χ4n) is 3.53. The molecule has 1 aromatic carbocycles. The molecule has 0 aromatic heterocycles. The van der Waals surface area contributed by atoms with Gasteiger partial charge in [0.15, 0.2) is 0 Å². The predicted octanol–water partition coefficient (Wildman–Crippen LogP) is 3.70. The fourth-order valence-corrected chi connectivity index (χ4v) is 3.53. The van der Waals surface area contributed by atoms with Gasteiger partial charge in [0.05, 0.1) is 6.07 Å². The lowest BCUT2D eigenvalue weighted by Crippen LogP contribution is -2.32. The number of anilines is 2. The van der Waals surface area contributed by atoms with E-state index in [1.165, 1.54) is 24.9 Å². The monoisotopic (exact) mass is 297 g/mol. The third-order valence-corrected chi connectivity index (χ3v) is 4.95. The van der Waals surface area contributed by atoms with Crippen LogP contribution < -0.4 is 10.2 Å². The molecule has 0 unspecified atom stereocenters. The van der Waals surface area contributed by atoms with Gasteiger partial charge in [0, 0.05) is 24.5 Å². The van der Waals surface area contributed by atoms with E-state index in [4.69, 9.17) is 0 Å². The first-order chi connectivity index (χ1) is 10.7. The minimum atomic E-state index is -0.814. The first kappa shape index (κ1) is 14.9. The Balaban J connectivity index is 1.66. The van der Waals surface area contributed by atoms with Crippen molar-refractivity contribution in [3.8, 4) is 6.07 Å². The van der Waals surface area contributed by atoms with Crippen molar-refractivity contribution in [2.24, 2.45) is 5.41 Å². The maximum atomic E-state index is 12.4. The summed E-state index contributed by atoms with van der Waals surface area (Å²) in [6.45, 7) is 2.23. The zero-order valence-corrected chi connectivity index (χ0v) is 13.0. The number of hydrogen-bond donors (Lipinski definition) is 1. The Kier molecular flexibility index (Phi) is 4.33. The Hall–Kier alpha value is -2.02. The molecular formula is C18H23N3O. The van der Waals surface area contributed by atoms with Crippen molar-refractivity contribution in [1.29, 1.82) is 5.26 Å². The van der Waals surface area contributed by atoms with Crippen molar-refractivity contribution in [3.05, 3.63) is 24.3 Å². The molecule has 1 aromatic rings. The molecule has 1 saturated carbocycles. The van der Waals surface area contributed by atoms with Crippen LogP contribution in [0.1, 0.15) is 44.9 Å². The minimum Gasteiger partial charge on any atom is -0.372 e. The van der Waals surface area contributed by atoms with Gasteiger partial charge in [0.25, 0.3) is 0 Å². The fraction of sp³-hybridized carbons (Fsp3) is 0.556. The maximum absolute atomic E-state index is 12.4. The van der Waals surface area contributed by atoms with Crippen LogP contribution in [0.2, 0.25) is 0 Å². The highest BCUT2D eigenvalue weighted by Crippen LogP contribution is 2.38. The van der Waals surface area contributed by atoms with Crippen molar-refractivity contribution in [2.45, 2.75) is 44.9 Å². The summed E-state index contributed by atoms with van der Waals surface area (Å²) in [6, 6.07) is 10.3. The summed E-state index contributed by atoms with van der Waals surface area (Å²) in [5.41, 5.74) is 1.19. The molecular weight excluding hydrogens is 274 g/mol. The largest absolute Gasteiger partial charge is 0.372 e. The van der Waals surface area contributed by atoms with Crippen molar-refractivity contribution in [1.82, 2.24) is 0 Å². The summed E-state index contributed by atoms with van der Waals surface area (Å²) in [6.07, 6.45) is 7.12. The van der Waals surface area contributed by atoms with Crippen molar-refractivity contribution in [2.75, 3.05) is 23.3 Å². The molecule has 1 amide bonds. The number of benzene rings is 1. The molecule has 2 fully saturated rings. The smallest absolute Gasteiger partial charge is 0.244 e. The first-order valence-electron chi connectivity index (χ1n) is 8.31. The summed E-state index contributed by atoms with van der Waals surface area (Å²) < 4.78 is 0. The molecule has 0 bridgehead atoms. The Morgan fingerprint density at radius 1 is 1.05 bits per heavy atom. The van der Waals surface area contributed by atoms with Gasteiger partial charge in [-0.2, -0.15) is 5.26 Å². The van der Waals surface area contributed by atoms with Crippen LogP contribution in [0, 0.1) is 16.7 Å². The van der Waals surface area contributed by atoms with Crippen LogP contribution >= 0.6 is 0 Å². The van der Waals surface area contributed by atoms with Crippen LogP contribution in [0.3, 0.4) is 0 Å². The lowest BCUT2D eigenvalue weighted by atomic mass is 9.87. The Bertz CT molecular complexity index is 561. The second-order valence-corrected chi connectivity index (χ2v) is 6.45. The van der Waals surface area contributed by atoms with Gasteiger partial charge in [-0.05, 0) is 56.4 Å². The molecule has 4 nitrogen and oxygen atoms in total. The highest BCUT2D eigenvalue weighted by atomic mass is 16.2. The number of carbonyl (C=O) groups is 1. The average molecular weight is 297 g/mol. The quantitative estimate of drug-likeness (QED) is 0.925. The van der Waals surface area contributed by atoms with Gasteiger partial charge in [-0.1, -0.05) is 12.8 Å². The molecule has 116 valence electrons. The van der Waals surface area contributed by atoms with Crippen LogP contribution in [-0.2, 0) is 4.79 Å². The second-order valence-electron chi connectivity index (χ2n) is 6.45. The van der Waals surface area contributed by atoms with E-state index in [1.807, 2.05) is 12.1 Å². The molecule has 1 heterocycles. The summed E-state index contributed by atoms with van der Waals surface area (Å²) in [5, 5.41) is 12.3. The van der Waals surface area contributed by atoms with Crippen molar-refractivity contribution < 1.29 is 4.79 Å². The predicted molar refractivity (Wildman–Crippen MR) is 87.6 cm³/mol. The van der Waals surface area contributed by atoms with Gasteiger partial charge in [-0.3, -0.25) is 4.79 Å². The third-order valence-electron chi connectivity index (χ3n) is 4.95. The Morgan fingerprint density at radius 3 is 2.27 bits per heavy atom. The number of nitrogens with one attached hydrogen (secondary N) is 1. The van der Waals surface area contributed by atoms with Gasteiger partial charge in [0.2, 0.25) is 5.91 Å². The highest BCUT2D eigenvalue weighted by molar-refractivity contribution is 5.97. The van der Waals surface area contributed by atoms with E-state index >= 15 is 0 Å². The number of amides is 1. The van der Waals surface area contributed by atoms with Crippen LogP contribution in [-0.4, -0.2) is 19.0 Å². The number of rotatable bonds is 3. The van der Waals surface area contributed by atoms with Crippen LogP contribution in [0.15, 0.2) is 24.3 Å². The Morgan fingerprint density at radius 2 is 1.68 bits per heavy atom. The van der Waals surface area contributed by atoms with Crippen molar-refractivity contribution >= 4 is 17.3 Å². The molecule has 3 rings (SSSR count). The van der Waals surface area contributed by atoms with Crippen LogP contribution in [0.5, 0.6) is 0 Å². The van der Waals surface area contributed by atoms with Gasteiger partial charge in [-0.15, -0.1) is 0 Å². The van der Waals surface area contributed by atoms with Crippen molar-refractivity contribution in [3.63, 3.8) is 0 Å². The summed E-state index contributed by atoms with van der Waals surface area (Å²) >= 11 is 0. The minimum absolute atomic E-state index is 0.141. The molecule has 1 N–H and O–H groups in total. The number of hydrogen-bond acceptors (Lipinski definition) is 3. The average Bonchev–Trinajstić information content (AvgIpc) is 3.07. The molecule has 0 atom stereocenters. The van der Waals surface area contributed by atoms with Gasteiger partial charge in [-0.25, -0.2) is 0 Å². The number of nitriles is 1. The lowest BCUT2D eigenvalue weighted by Gasteiger charge is -2.29. The van der Waals surface area contributed by atoms with E-state index in [0.717, 1.165) is 31.6 Å². The Labute approximate surface area is 132 Å². The summed E-state index contributed by atoms with van der Waals surface area (Å²) in [7, 11) is 0. The van der Waals surface area contributed by atoms with E-state index < -0.39 is 5.41 Å². The second kappa shape index (κ2) is 6.39. The lowest BCUT2D eigenvalue weighted by molar-refractivity contribution is -0.122. The summed E-state index contributed by atoms with van der Waals surface area (Å²) in [5.74, 6) is -0.141. The topological polar surface area (TPSA) is 56.1 Å². The van der Waals surface area contributed by atoms with E-state index in [1.54, 1.807) is 0 Å². The highest BCUT2D eigenvalue weighted by Gasteiger charge is 2.41. The molecule has 22 heavy (non-hydrogen) atoms. The van der Waals surface area contributed by atoms with Gasteiger partial charge < -0.3 is 10.2 Å². The zero-order chi connectivity index (χ0) is 15.4. The maximum Gasteiger partial charge on any atom is 0.244 e. The first-order valence-corrected chi connectivity index (χ1v) is 8.31. The molecule has 0 spiro atoms. The molecule has 1 aliphatic heterocycles.